The summed E-state index contributed by atoms with van der Waals surface area (Å²) < 4.78 is 11.0. The standard InChI is InChI=1S/C26H30N2O6/c1-2-7-16-13-33-15-23(16)27-25(31)22(12-24(29)30)28-26(32)34-14-21-19-10-5-3-8-17(19)18-9-4-6-11-20(18)21/h3-6,8-11,16,21-23H,2,7,12-15H2,1H3,(H,27,31)(H,28,32)(H,29,30). The van der Waals surface area contributed by atoms with Crippen LogP contribution in [-0.2, 0) is 19.1 Å². The van der Waals surface area contributed by atoms with Crippen LogP contribution in [0.2, 0.25) is 0 Å². The molecule has 3 atom stereocenters. The van der Waals surface area contributed by atoms with Crippen molar-refractivity contribution in [2.24, 2.45) is 5.92 Å². The van der Waals surface area contributed by atoms with Gasteiger partial charge < -0.3 is 25.2 Å². The number of fused-ring (bicyclic) bond motifs is 3. The maximum Gasteiger partial charge on any atom is 0.407 e. The van der Waals surface area contributed by atoms with Crippen molar-refractivity contribution in [2.45, 2.75) is 44.2 Å². The summed E-state index contributed by atoms with van der Waals surface area (Å²) in [6.45, 7) is 3.07. The molecule has 1 saturated heterocycles. The molecular weight excluding hydrogens is 436 g/mol. The Labute approximate surface area is 198 Å². The lowest BCUT2D eigenvalue weighted by atomic mass is 9.98. The Bertz CT molecular complexity index is 1010. The Morgan fingerprint density at radius 2 is 1.71 bits per heavy atom. The second-order valence-electron chi connectivity index (χ2n) is 8.82. The summed E-state index contributed by atoms with van der Waals surface area (Å²) in [6, 6.07) is 14.5. The van der Waals surface area contributed by atoms with Gasteiger partial charge in [0.25, 0.3) is 0 Å². The van der Waals surface area contributed by atoms with E-state index in [0.717, 1.165) is 35.1 Å². The molecule has 2 aromatic rings. The van der Waals surface area contributed by atoms with Gasteiger partial charge in [0.2, 0.25) is 5.91 Å². The van der Waals surface area contributed by atoms with E-state index in [1.165, 1.54) is 0 Å². The largest absolute Gasteiger partial charge is 0.481 e. The SMILES string of the molecule is CCCC1COCC1NC(=O)C(CC(=O)O)NC(=O)OCC1c2ccccc2-c2ccccc21. The minimum atomic E-state index is -1.24. The fourth-order valence-electron chi connectivity index (χ4n) is 4.86. The molecule has 34 heavy (non-hydrogen) atoms. The van der Waals surface area contributed by atoms with Crippen LogP contribution in [0.25, 0.3) is 11.1 Å². The molecule has 0 aromatic heterocycles. The minimum absolute atomic E-state index is 0.0797. The number of ether oxygens (including phenoxy) is 2. The second-order valence-corrected chi connectivity index (χ2v) is 8.82. The van der Waals surface area contributed by atoms with E-state index in [-0.39, 0.29) is 24.5 Å². The first kappa shape index (κ1) is 23.8. The molecule has 8 heteroatoms. The maximum atomic E-state index is 12.8. The van der Waals surface area contributed by atoms with Gasteiger partial charge in [-0.1, -0.05) is 61.9 Å². The molecule has 1 aliphatic heterocycles. The molecule has 3 N–H and O–H groups in total. The predicted octanol–water partition coefficient (Wildman–Crippen LogP) is 3.30. The van der Waals surface area contributed by atoms with Gasteiger partial charge in [0, 0.05) is 11.8 Å². The number of carbonyl (C=O) groups is 3. The Hall–Kier alpha value is -3.39. The summed E-state index contributed by atoms with van der Waals surface area (Å²) in [7, 11) is 0. The first-order chi connectivity index (χ1) is 16.5. The molecule has 0 radical (unpaired) electrons. The van der Waals surface area contributed by atoms with Gasteiger partial charge in [0.05, 0.1) is 25.7 Å². The van der Waals surface area contributed by atoms with Gasteiger partial charge in [-0.2, -0.15) is 0 Å². The van der Waals surface area contributed by atoms with Gasteiger partial charge in [-0.15, -0.1) is 0 Å². The summed E-state index contributed by atoms with van der Waals surface area (Å²) in [5.74, 6) is -1.69. The molecule has 2 aromatic carbocycles. The van der Waals surface area contributed by atoms with E-state index in [0.29, 0.717) is 13.2 Å². The van der Waals surface area contributed by atoms with Gasteiger partial charge in [0.15, 0.2) is 0 Å². The van der Waals surface area contributed by atoms with Gasteiger partial charge in [-0.3, -0.25) is 9.59 Å². The number of carboxylic acids is 1. The number of amides is 2. The highest BCUT2D eigenvalue weighted by molar-refractivity contribution is 5.89. The number of hydrogen-bond acceptors (Lipinski definition) is 5. The van der Waals surface area contributed by atoms with E-state index in [1.807, 2.05) is 48.5 Å². The zero-order valence-corrected chi connectivity index (χ0v) is 19.2. The lowest BCUT2D eigenvalue weighted by Gasteiger charge is -2.23. The highest BCUT2D eigenvalue weighted by Crippen LogP contribution is 2.44. The van der Waals surface area contributed by atoms with Crippen LogP contribution >= 0.6 is 0 Å². The maximum absolute atomic E-state index is 12.8. The topological polar surface area (TPSA) is 114 Å². The van der Waals surface area contributed by atoms with E-state index in [9.17, 15) is 19.5 Å². The highest BCUT2D eigenvalue weighted by Gasteiger charge is 2.33. The van der Waals surface area contributed by atoms with Crippen LogP contribution in [0, 0.1) is 5.92 Å². The number of aliphatic carboxylic acids is 1. The molecule has 8 nitrogen and oxygen atoms in total. The van der Waals surface area contributed by atoms with Crippen molar-refractivity contribution >= 4 is 18.0 Å². The third-order valence-electron chi connectivity index (χ3n) is 6.52. The van der Waals surface area contributed by atoms with Crippen LogP contribution in [-0.4, -0.2) is 55.0 Å². The number of rotatable bonds is 9. The zero-order chi connectivity index (χ0) is 24.1. The van der Waals surface area contributed by atoms with Crippen LogP contribution in [0.15, 0.2) is 48.5 Å². The van der Waals surface area contributed by atoms with Gasteiger partial charge in [-0.25, -0.2) is 4.79 Å². The van der Waals surface area contributed by atoms with E-state index in [4.69, 9.17) is 9.47 Å². The van der Waals surface area contributed by atoms with Crippen molar-refractivity contribution in [1.82, 2.24) is 10.6 Å². The monoisotopic (exact) mass is 466 g/mol. The smallest absolute Gasteiger partial charge is 0.407 e. The summed E-state index contributed by atoms with van der Waals surface area (Å²) in [6.07, 6.45) is 0.490. The molecule has 0 saturated carbocycles. The van der Waals surface area contributed by atoms with Gasteiger partial charge in [-0.05, 0) is 28.7 Å². The zero-order valence-electron chi connectivity index (χ0n) is 19.2. The molecule has 2 amide bonds. The van der Waals surface area contributed by atoms with Crippen LogP contribution in [0.1, 0.15) is 43.2 Å². The molecule has 0 spiro atoms. The molecular formula is C26H30N2O6. The number of carboxylic acid groups (broad SMARTS) is 1. The molecule has 2 aliphatic rings. The van der Waals surface area contributed by atoms with Crippen molar-refractivity contribution in [3.63, 3.8) is 0 Å². The van der Waals surface area contributed by atoms with E-state index >= 15 is 0 Å². The molecule has 4 rings (SSSR count). The second kappa shape index (κ2) is 10.7. The quantitative estimate of drug-likeness (QED) is 0.523. The summed E-state index contributed by atoms with van der Waals surface area (Å²) in [4.78, 5) is 36.7. The molecule has 3 unspecified atom stereocenters. The van der Waals surface area contributed by atoms with Crippen molar-refractivity contribution in [2.75, 3.05) is 19.8 Å². The normalized spacial score (nSPS) is 19.7. The third-order valence-corrected chi connectivity index (χ3v) is 6.52. The number of nitrogens with one attached hydrogen (secondary N) is 2. The molecule has 1 aliphatic carbocycles. The summed E-state index contributed by atoms with van der Waals surface area (Å²) in [5.41, 5.74) is 4.35. The van der Waals surface area contributed by atoms with Crippen LogP contribution in [0.4, 0.5) is 4.79 Å². The molecule has 1 fully saturated rings. The fraction of sp³-hybridized carbons (Fsp3) is 0.423. The molecule has 1 heterocycles. The lowest BCUT2D eigenvalue weighted by molar-refractivity contribution is -0.140. The first-order valence-corrected chi connectivity index (χ1v) is 11.7. The Morgan fingerprint density at radius 3 is 2.32 bits per heavy atom. The predicted molar refractivity (Wildman–Crippen MR) is 125 cm³/mol. The first-order valence-electron chi connectivity index (χ1n) is 11.7. The fourth-order valence-corrected chi connectivity index (χ4v) is 4.86. The van der Waals surface area contributed by atoms with Crippen LogP contribution in [0.3, 0.4) is 0 Å². The van der Waals surface area contributed by atoms with E-state index in [1.54, 1.807) is 0 Å². The van der Waals surface area contributed by atoms with Gasteiger partial charge >= 0.3 is 12.1 Å². The van der Waals surface area contributed by atoms with Crippen LogP contribution < -0.4 is 10.6 Å². The highest BCUT2D eigenvalue weighted by atomic mass is 16.5. The number of alkyl carbamates (subject to hydrolysis) is 1. The van der Waals surface area contributed by atoms with Crippen molar-refractivity contribution < 1.29 is 29.0 Å². The molecule has 0 bridgehead atoms. The van der Waals surface area contributed by atoms with Crippen molar-refractivity contribution in [1.29, 1.82) is 0 Å². The average molecular weight is 467 g/mol. The molecule has 180 valence electrons. The lowest BCUT2D eigenvalue weighted by Crippen LogP contribution is -2.52. The van der Waals surface area contributed by atoms with Crippen molar-refractivity contribution in [3.05, 3.63) is 59.7 Å². The van der Waals surface area contributed by atoms with Crippen LogP contribution in [0.5, 0.6) is 0 Å². The Kier molecular flexibility index (Phi) is 7.47. The minimum Gasteiger partial charge on any atom is -0.481 e. The summed E-state index contributed by atoms with van der Waals surface area (Å²) in [5, 5.41) is 14.6. The summed E-state index contributed by atoms with van der Waals surface area (Å²) >= 11 is 0. The third kappa shape index (κ3) is 5.22. The Morgan fingerprint density at radius 1 is 1.06 bits per heavy atom. The Balaban J connectivity index is 1.39. The van der Waals surface area contributed by atoms with E-state index < -0.39 is 30.4 Å². The van der Waals surface area contributed by atoms with Crippen molar-refractivity contribution in [3.8, 4) is 11.1 Å². The number of benzene rings is 2. The average Bonchev–Trinajstić information content (AvgIpc) is 3.39. The van der Waals surface area contributed by atoms with E-state index in [2.05, 4.69) is 17.6 Å². The number of hydrogen-bond donors (Lipinski definition) is 3. The van der Waals surface area contributed by atoms with Gasteiger partial charge in [0.1, 0.15) is 12.6 Å². The number of carbonyl (C=O) groups excluding carboxylic acids is 2.